The first-order valence-electron chi connectivity index (χ1n) is 10.0. The zero-order valence-corrected chi connectivity index (χ0v) is 17.6. The Kier molecular flexibility index (Phi) is 6.16. The Labute approximate surface area is 179 Å². The zero-order chi connectivity index (χ0) is 21.1. The smallest absolute Gasteiger partial charge is 0.255 e. The van der Waals surface area contributed by atoms with Crippen LogP contribution in [-0.4, -0.2) is 17.6 Å². The molecule has 4 nitrogen and oxygen atoms in total. The Bertz CT molecular complexity index is 1060. The van der Waals surface area contributed by atoms with Crippen molar-refractivity contribution in [2.45, 2.75) is 32.9 Å². The molecule has 1 fully saturated rings. The van der Waals surface area contributed by atoms with Crippen LogP contribution < -0.4 is 10.1 Å². The molecule has 1 amide bonds. The lowest BCUT2D eigenvalue weighted by Crippen LogP contribution is -2.24. The lowest BCUT2D eigenvalue weighted by atomic mass is 10.0. The maximum Gasteiger partial charge on any atom is 0.255 e. The van der Waals surface area contributed by atoms with Crippen molar-refractivity contribution in [3.05, 3.63) is 75.2 Å². The molecule has 0 bridgehead atoms. The number of benzene rings is 2. The van der Waals surface area contributed by atoms with E-state index in [0.717, 1.165) is 28.8 Å². The molecule has 30 heavy (non-hydrogen) atoms. The van der Waals surface area contributed by atoms with Gasteiger partial charge in [0.2, 0.25) is 0 Å². The van der Waals surface area contributed by atoms with E-state index in [1.165, 1.54) is 17.4 Å². The SMILES string of the molecule is Cc1ccc(CNC(=O)c2cc(-c3ccsc3CO)ccc2OCC2CC2)cc1F. The molecule has 2 N–H and O–H groups in total. The van der Waals surface area contributed by atoms with Crippen molar-refractivity contribution in [1.29, 1.82) is 0 Å². The fraction of sp³-hybridized carbons (Fsp3) is 0.292. The molecule has 0 saturated heterocycles. The summed E-state index contributed by atoms with van der Waals surface area (Å²) in [6, 6.07) is 12.4. The summed E-state index contributed by atoms with van der Waals surface area (Å²) in [5.74, 6) is 0.545. The molecule has 156 valence electrons. The molecular weight excluding hydrogens is 401 g/mol. The Morgan fingerprint density at radius 2 is 2.07 bits per heavy atom. The van der Waals surface area contributed by atoms with Gasteiger partial charge in [0.05, 0.1) is 18.8 Å². The summed E-state index contributed by atoms with van der Waals surface area (Å²) in [5, 5.41) is 14.4. The molecule has 0 radical (unpaired) electrons. The molecule has 1 aliphatic carbocycles. The minimum absolute atomic E-state index is 0.0482. The van der Waals surface area contributed by atoms with Crippen LogP contribution >= 0.6 is 11.3 Å². The fourth-order valence-electron chi connectivity index (χ4n) is 3.24. The number of hydrogen-bond donors (Lipinski definition) is 2. The van der Waals surface area contributed by atoms with Gasteiger partial charge >= 0.3 is 0 Å². The van der Waals surface area contributed by atoms with Crippen LogP contribution in [-0.2, 0) is 13.2 Å². The van der Waals surface area contributed by atoms with Crippen molar-refractivity contribution in [3.8, 4) is 16.9 Å². The van der Waals surface area contributed by atoms with Gasteiger partial charge in [-0.2, -0.15) is 0 Å². The first-order valence-corrected chi connectivity index (χ1v) is 10.9. The van der Waals surface area contributed by atoms with E-state index >= 15 is 0 Å². The van der Waals surface area contributed by atoms with Crippen molar-refractivity contribution in [2.24, 2.45) is 5.92 Å². The summed E-state index contributed by atoms with van der Waals surface area (Å²) in [6.45, 7) is 2.48. The monoisotopic (exact) mass is 425 g/mol. The highest BCUT2D eigenvalue weighted by atomic mass is 32.1. The number of aliphatic hydroxyl groups is 1. The van der Waals surface area contributed by atoms with Gasteiger partial charge in [0, 0.05) is 11.4 Å². The van der Waals surface area contributed by atoms with E-state index in [4.69, 9.17) is 4.74 Å². The third-order valence-corrected chi connectivity index (χ3v) is 6.19. The standard InChI is InChI=1S/C24H24FNO3S/c1-15-2-3-17(10-21(15)25)12-26-24(28)20-11-18(19-8-9-30-23(19)13-27)6-7-22(20)29-14-16-4-5-16/h2-3,6-11,16,27H,4-5,12-14H2,1H3,(H,26,28). The number of halogens is 1. The molecule has 4 rings (SSSR count). The Hall–Kier alpha value is -2.70. The molecule has 3 aromatic rings. The summed E-state index contributed by atoms with van der Waals surface area (Å²) >= 11 is 1.48. The second kappa shape index (κ2) is 8.98. The molecule has 1 aliphatic rings. The highest BCUT2D eigenvalue weighted by Crippen LogP contribution is 2.34. The lowest BCUT2D eigenvalue weighted by molar-refractivity contribution is 0.0946. The number of rotatable bonds is 8. The van der Waals surface area contributed by atoms with Crippen molar-refractivity contribution in [1.82, 2.24) is 5.32 Å². The summed E-state index contributed by atoms with van der Waals surface area (Å²) < 4.78 is 19.7. The van der Waals surface area contributed by atoms with Gasteiger partial charge in [0.15, 0.2) is 0 Å². The van der Waals surface area contributed by atoms with Gasteiger partial charge in [0.25, 0.3) is 5.91 Å². The van der Waals surface area contributed by atoms with Gasteiger partial charge in [-0.05, 0) is 77.6 Å². The topological polar surface area (TPSA) is 58.6 Å². The zero-order valence-electron chi connectivity index (χ0n) is 16.8. The second-order valence-electron chi connectivity index (χ2n) is 7.65. The van der Waals surface area contributed by atoms with E-state index in [1.807, 2.05) is 23.6 Å². The van der Waals surface area contributed by atoms with E-state index in [1.54, 1.807) is 25.1 Å². The first kappa shape index (κ1) is 20.6. The maximum atomic E-state index is 13.8. The van der Waals surface area contributed by atoms with E-state index in [-0.39, 0.29) is 24.9 Å². The van der Waals surface area contributed by atoms with Crippen molar-refractivity contribution < 1.29 is 19.0 Å². The van der Waals surface area contributed by atoms with E-state index in [9.17, 15) is 14.3 Å². The molecule has 1 aromatic heterocycles. The van der Waals surface area contributed by atoms with E-state index < -0.39 is 0 Å². The number of amides is 1. The molecule has 0 aliphatic heterocycles. The third kappa shape index (κ3) is 4.71. The average Bonchev–Trinajstić information content (AvgIpc) is 3.47. The Balaban J connectivity index is 1.57. The minimum atomic E-state index is -0.286. The summed E-state index contributed by atoms with van der Waals surface area (Å²) in [5.41, 5.74) is 3.47. The van der Waals surface area contributed by atoms with Gasteiger partial charge in [-0.15, -0.1) is 11.3 Å². The van der Waals surface area contributed by atoms with Crippen molar-refractivity contribution in [3.63, 3.8) is 0 Å². The summed E-state index contributed by atoms with van der Waals surface area (Å²) in [6.07, 6.45) is 2.32. The summed E-state index contributed by atoms with van der Waals surface area (Å²) in [4.78, 5) is 13.8. The van der Waals surface area contributed by atoms with Crippen LogP contribution in [0.25, 0.3) is 11.1 Å². The number of nitrogens with one attached hydrogen (secondary N) is 1. The van der Waals surface area contributed by atoms with Gasteiger partial charge in [-0.25, -0.2) is 4.39 Å². The quantitative estimate of drug-likeness (QED) is 0.530. The molecule has 1 saturated carbocycles. The normalized spacial score (nSPS) is 13.3. The number of carbonyl (C=O) groups excluding carboxylic acids is 1. The van der Waals surface area contributed by atoms with Gasteiger partial charge in [-0.1, -0.05) is 18.2 Å². The number of aliphatic hydroxyl groups excluding tert-OH is 1. The molecule has 0 spiro atoms. The number of carbonyl (C=O) groups is 1. The van der Waals surface area contributed by atoms with E-state index in [0.29, 0.717) is 35.0 Å². The van der Waals surface area contributed by atoms with Gasteiger partial charge in [-0.3, -0.25) is 4.79 Å². The van der Waals surface area contributed by atoms with Crippen molar-refractivity contribution >= 4 is 17.2 Å². The average molecular weight is 426 g/mol. The van der Waals surface area contributed by atoms with Crippen LogP contribution in [0.4, 0.5) is 4.39 Å². The fourth-order valence-corrected chi connectivity index (χ4v) is 3.99. The predicted octanol–water partition coefficient (Wildman–Crippen LogP) is 5.07. The van der Waals surface area contributed by atoms with Crippen molar-refractivity contribution in [2.75, 3.05) is 6.61 Å². The minimum Gasteiger partial charge on any atom is -0.492 e. The second-order valence-corrected chi connectivity index (χ2v) is 8.65. The largest absolute Gasteiger partial charge is 0.492 e. The number of hydrogen-bond acceptors (Lipinski definition) is 4. The third-order valence-electron chi connectivity index (χ3n) is 5.28. The predicted molar refractivity (Wildman–Crippen MR) is 116 cm³/mol. The highest BCUT2D eigenvalue weighted by molar-refractivity contribution is 7.10. The van der Waals surface area contributed by atoms with Crippen LogP contribution in [0, 0.1) is 18.7 Å². The van der Waals surface area contributed by atoms with Crippen LogP contribution in [0.3, 0.4) is 0 Å². The molecular formula is C24H24FNO3S. The van der Waals surface area contributed by atoms with Crippen LogP contribution in [0.1, 0.15) is 39.2 Å². The molecule has 0 unspecified atom stereocenters. The molecule has 6 heteroatoms. The van der Waals surface area contributed by atoms with Crippen LogP contribution in [0.15, 0.2) is 47.8 Å². The molecule has 1 heterocycles. The summed E-state index contributed by atoms with van der Waals surface area (Å²) in [7, 11) is 0. The van der Waals surface area contributed by atoms with Crippen LogP contribution in [0.5, 0.6) is 5.75 Å². The Morgan fingerprint density at radius 3 is 2.80 bits per heavy atom. The van der Waals surface area contributed by atoms with Gasteiger partial charge < -0.3 is 15.2 Å². The molecule has 0 atom stereocenters. The van der Waals surface area contributed by atoms with Crippen LogP contribution in [0.2, 0.25) is 0 Å². The maximum absolute atomic E-state index is 13.8. The highest BCUT2D eigenvalue weighted by Gasteiger charge is 2.23. The van der Waals surface area contributed by atoms with E-state index in [2.05, 4.69) is 5.32 Å². The molecule has 2 aromatic carbocycles. The number of aryl methyl sites for hydroxylation is 1. The number of thiophene rings is 1. The van der Waals surface area contributed by atoms with Gasteiger partial charge in [0.1, 0.15) is 11.6 Å². The number of ether oxygens (including phenoxy) is 1. The lowest BCUT2D eigenvalue weighted by Gasteiger charge is -2.14. The first-order chi connectivity index (χ1) is 14.5. The Morgan fingerprint density at radius 1 is 1.23 bits per heavy atom.